The molecule has 38 heavy (non-hydrogen) atoms. The summed E-state index contributed by atoms with van der Waals surface area (Å²) in [4.78, 5) is 37.3. The quantitative estimate of drug-likeness (QED) is 0.418. The van der Waals surface area contributed by atoms with Gasteiger partial charge in [0.15, 0.2) is 17.0 Å². The molecule has 0 atom stereocenters. The molecule has 4 heterocycles. The molecule has 3 aliphatic rings. The summed E-state index contributed by atoms with van der Waals surface area (Å²) in [5.74, 6) is 2.08. The molecule has 0 unspecified atom stereocenters. The van der Waals surface area contributed by atoms with Crippen molar-refractivity contribution in [2.24, 2.45) is 5.92 Å². The lowest BCUT2D eigenvalue weighted by molar-refractivity contribution is -0.129. The summed E-state index contributed by atoms with van der Waals surface area (Å²) < 4.78 is 11.6. The fraction of sp³-hybridized carbons (Fsp3) is 0.481. The summed E-state index contributed by atoms with van der Waals surface area (Å²) >= 11 is 0. The van der Waals surface area contributed by atoms with Gasteiger partial charge in [0.25, 0.3) is 5.91 Å². The van der Waals surface area contributed by atoms with Crippen LogP contribution in [0.25, 0.3) is 11.1 Å². The van der Waals surface area contributed by atoms with Crippen LogP contribution in [0.1, 0.15) is 46.0 Å². The highest BCUT2D eigenvalue weighted by Gasteiger charge is 2.44. The van der Waals surface area contributed by atoms with E-state index in [1.165, 1.54) is 17.7 Å². The maximum Gasteiger partial charge on any atom is 0.407 e. The lowest BCUT2D eigenvalue weighted by Gasteiger charge is -2.47. The molecule has 11 nitrogen and oxygen atoms in total. The van der Waals surface area contributed by atoms with Crippen molar-refractivity contribution in [1.29, 1.82) is 0 Å². The Balaban J connectivity index is 1.25. The Bertz CT molecular complexity index is 1410. The highest BCUT2D eigenvalue weighted by Crippen LogP contribution is 2.44. The number of aromatic nitrogens is 2. The molecule has 11 heteroatoms. The molecule has 2 amide bonds. The fourth-order valence-electron chi connectivity index (χ4n) is 5.51. The third kappa shape index (κ3) is 4.35. The molecule has 1 aromatic carbocycles. The number of anilines is 4. The van der Waals surface area contributed by atoms with Crippen molar-refractivity contribution in [3.05, 3.63) is 30.5 Å². The van der Waals surface area contributed by atoms with E-state index in [0.717, 1.165) is 19.3 Å². The second kappa shape index (κ2) is 8.78. The van der Waals surface area contributed by atoms with Crippen molar-refractivity contribution in [2.75, 3.05) is 35.7 Å². The third-order valence-corrected chi connectivity index (χ3v) is 8.04. The van der Waals surface area contributed by atoms with Crippen LogP contribution in [-0.4, -0.2) is 63.3 Å². The van der Waals surface area contributed by atoms with Gasteiger partial charge in [-0.15, -0.1) is 0 Å². The lowest BCUT2D eigenvalue weighted by atomic mass is 9.81. The molecule has 0 radical (unpaired) electrons. The molecule has 3 N–H and O–H groups in total. The zero-order valence-electron chi connectivity index (χ0n) is 21.8. The van der Waals surface area contributed by atoms with Crippen LogP contribution in [0.2, 0.25) is 0 Å². The predicted octanol–water partition coefficient (Wildman–Crippen LogP) is 4.82. The maximum absolute atomic E-state index is 12.3. The average Bonchev–Trinajstić information content (AvgIpc) is 3.56. The topological polar surface area (TPSA) is 133 Å². The van der Waals surface area contributed by atoms with Gasteiger partial charge in [0, 0.05) is 37.4 Å². The smallest absolute Gasteiger partial charge is 0.407 e. The molecule has 0 bridgehead atoms. The number of carbonyl (C=O) groups is 2. The van der Waals surface area contributed by atoms with E-state index in [1.54, 1.807) is 45.4 Å². The normalized spacial score (nSPS) is 19.9. The van der Waals surface area contributed by atoms with Crippen LogP contribution in [0.3, 0.4) is 0 Å². The van der Waals surface area contributed by atoms with Gasteiger partial charge in [0.2, 0.25) is 5.95 Å². The molecule has 6 rings (SSSR count). The molecular formula is C27H32N6O5. The SMILES string of the molecule is CN(C(=O)O)C1(CC2CC2)CCN(c2nc(Nc3ccc4c(c3)NC(=O)C(C)(C)O4)nc3ccoc23)CC1. The number of rotatable bonds is 6. The van der Waals surface area contributed by atoms with Gasteiger partial charge in [0.05, 0.1) is 12.0 Å². The first-order valence-electron chi connectivity index (χ1n) is 13.0. The molecular weight excluding hydrogens is 488 g/mol. The van der Waals surface area contributed by atoms with E-state index in [4.69, 9.17) is 14.1 Å². The van der Waals surface area contributed by atoms with E-state index in [2.05, 4.69) is 20.5 Å². The van der Waals surface area contributed by atoms with Gasteiger partial charge in [-0.05, 0) is 57.2 Å². The van der Waals surface area contributed by atoms with Gasteiger partial charge in [-0.3, -0.25) is 4.79 Å². The van der Waals surface area contributed by atoms with Crippen LogP contribution >= 0.6 is 0 Å². The number of amides is 2. The first kappa shape index (κ1) is 24.3. The first-order chi connectivity index (χ1) is 18.1. The number of ether oxygens (including phenoxy) is 1. The second-order valence-electron chi connectivity index (χ2n) is 11.1. The predicted molar refractivity (Wildman–Crippen MR) is 142 cm³/mol. The number of nitrogens with zero attached hydrogens (tertiary/aromatic N) is 4. The van der Waals surface area contributed by atoms with Crippen LogP contribution in [0, 0.1) is 5.92 Å². The number of hydrogen-bond donors (Lipinski definition) is 3. The van der Waals surface area contributed by atoms with Gasteiger partial charge < -0.3 is 34.7 Å². The highest BCUT2D eigenvalue weighted by atomic mass is 16.5. The van der Waals surface area contributed by atoms with Crippen LogP contribution in [0.5, 0.6) is 5.75 Å². The minimum atomic E-state index is -0.934. The Morgan fingerprint density at radius 1 is 1.24 bits per heavy atom. The van der Waals surface area contributed by atoms with Crippen molar-refractivity contribution in [3.8, 4) is 5.75 Å². The summed E-state index contributed by atoms with van der Waals surface area (Å²) in [7, 11) is 1.70. The summed E-state index contributed by atoms with van der Waals surface area (Å²) in [6, 6.07) is 7.25. The van der Waals surface area contributed by atoms with E-state index >= 15 is 0 Å². The van der Waals surface area contributed by atoms with E-state index in [9.17, 15) is 14.7 Å². The Hall–Kier alpha value is -4.02. The van der Waals surface area contributed by atoms with Crippen LogP contribution in [-0.2, 0) is 4.79 Å². The van der Waals surface area contributed by atoms with Crippen molar-refractivity contribution in [2.45, 2.75) is 57.1 Å². The largest absolute Gasteiger partial charge is 0.476 e. The van der Waals surface area contributed by atoms with Gasteiger partial charge in [-0.1, -0.05) is 12.8 Å². The number of benzene rings is 1. The molecule has 3 aromatic rings. The fourth-order valence-corrected chi connectivity index (χ4v) is 5.51. The van der Waals surface area contributed by atoms with Crippen molar-refractivity contribution >= 4 is 46.2 Å². The summed E-state index contributed by atoms with van der Waals surface area (Å²) in [6.07, 6.45) is 5.44. The van der Waals surface area contributed by atoms with Crippen LogP contribution in [0.4, 0.5) is 27.9 Å². The standard InChI is InChI=1S/C27H32N6O5/c1-26(2)23(34)29-19-14-17(6-7-20(19)38-26)28-24-30-18-8-13-37-21(18)22(31-24)33-11-9-27(10-12-33,15-16-4-5-16)32(3)25(35)36/h6-8,13-14,16H,4-5,9-12,15H2,1-3H3,(H,29,34)(H,35,36)(H,28,30,31). The molecule has 1 aliphatic carbocycles. The number of nitrogens with one attached hydrogen (secondary N) is 2. The van der Waals surface area contributed by atoms with E-state index < -0.39 is 11.7 Å². The average molecular weight is 521 g/mol. The van der Waals surface area contributed by atoms with Gasteiger partial charge in [-0.25, -0.2) is 9.78 Å². The summed E-state index contributed by atoms with van der Waals surface area (Å²) in [6.45, 7) is 4.77. The molecule has 2 aliphatic heterocycles. The number of fused-ring (bicyclic) bond motifs is 2. The molecule has 200 valence electrons. The number of piperidine rings is 1. The monoisotopic (exact) mass is 520 g/mol. The van der Waals surface area contributed by atoms with Crippen LogP contribution in [0.15, 0.2) is 34.9 Å². The number of hydrogen-bond acceptors (Lipinski definition) is 8. The Labute approximate surface area is 220 Å². The van der Waals surface area contributed by atoms with Gasteiger partial charge in [-0.2, -0.15) is 4.98 Å². The minimum Gasteiger partial charge on any atom is -0.476 e. The minimum absolute atomic E-state index is 0.211. The molecule has 1 saturated carbocycles. The Kier molecular flexibility index (Phi) is 5.62. The van der Waals surface area contributed by atoms with E-state index in [1.807, 2.05) is 6.07 Å². The Morgan fingerprint density at radius 2 is 2.00 bits per heavy atom. The summed E-state index contributed by atoms with van der Waals surface area (Å²) in [5, 5.41) is 15.9. The third-order valence-electron chi connectivity index (χ3n) is 8.04. The molecule has 0 spiro atoms. The zero-order chi connectivity index (χ0) is 26.7. The van der Waals surface area contributed by atoms with E-state index in [0.29, 0.717) is 59.0 Å². The summed E-state index contributed by atoms with van der Waals surface area (Å²) in [5.41, 5.74) is 1.26. The maximum atomic E-state index is 12.3. The number of furan rings is 1. The van der Waals surface area contributed by atoms with Crippen LogP contribution < -0.4 is 20.3 Å². The zero-order valence-corrected chi connectivity index (χ0v) is 21.8. The second-order valence-corrected chi connectivity index (χ2v) is 11.1. The lowest BCUT2D eigenvalue weighted by Crippen LogP contribution is -2.56. The highest BCUT2D eigenvalue weighted by molar-refractivity contribution is 6.00. The Morgan fingerprint density at radius 3 is 2.71 bits per heavy atom. The van der Waals surface area contributed by atoms with Crippen molar-refractivity contribution < 1.29 is 23.8 Å². The van der Waals surface area contributed by atoms with Crippen molar-refractivity contribution in [3.63, 3.8) is 0 Å². The first-order valence-corrected chi connectivity index (χ1v) is 13.0. The molecule has 1 saturated heterocycles. The number of carboxylic acid groups (broad SMARTS) is 1. The van der Waals surface area contributed by atoms with Crippen molar-refractivity contribution in [1.82, 2.24) is 14.9 Å². The van der Waals surface area contributed by atoms with E-state index in [-0.39, 0.29) is 11.4 Å². The number of carbonyl (C=O) groups excluding carboxylic acids is 1. The van der Waals surface area contributed by atoms with Gasteiger partial charge >= 0.3 is 6.09 Å². The molecule has 2 fully saturated rings. The van der Waals surface area contributed by atoms with Gasteiger partial charge in [0.1, 0.15) is 11.3 Å². The molecule has 2 aromatic heterocycles.